The highest BCUT2D eigenvalue weighted by Gasteiger charge is 2.27. The van der Waals surface area contributed by atoms with E-state index in [9.17, 15) is 18.4 Å². The van der Waals surface area contributed by atoms with Crippen molar-refractivity contribution in [3.63, 3.8) is 0 Å². The average molecular weight is 232 g/mol. The number of H-pyrrole nitrogens is 1. The van der Waals surface area contributed by atoms with Crippen molar-refractivity contribution in [2.24, 2.45) is 0 Å². The summed E-state index contributed by atoms with van der Waals surface area (Å²) in [6.45, 7) is -0.642. The fourth-order valence-electron chi connectivity index (χ4n) is 1.68. The number of hydrogen-bond acceptors (Lipinski definition) is 3. The Kier molecular flexibility index (Phi) is 2.86. The molecule has 0 aliphatic carbocycles. The number of halogens is 2. The summed E-state index contributed by atoms with van der Waals surface area (Å²) in [5.41, 5.74) is -1.82. The third kappa shape index (κ3) is 1.90. The Morgan fingerprint density at radius 3 is 2.88 bits per heavy atom. The fraction of sp³-hybridized carbons (Fsp3) is 0.556. The summed E-state index contributed by atoms with van der Waals surface area (Å²) < 4.78 is 31.4. The van der Waals surface area contributed by atoms with E-state index in [2.05, 4.69) is 0 Å². The summed E-state index contributed by atoms with van der Waals surface area (Å²) in [7, 11) is 0. The smallest absolute Gasteiger partial charge is 0.330 e. The van der Waals surface area contributed by atoms with E-state index < -0.39 is 36.1 Å². The van der Waals surface area contributed by atoms with E-state index in [1.807, 2.05) is 4.98 Å². The van der Waals surface area contributed by atoms with Crippen molar-refractivity contribution >= 4 is 0 Å². The monoisotopic (exact) mass is 232 g/mol. The lowest BCUT2D eigenvalue weighted by Crippen LogP contribution is -2.33. The summed E-state index contributed by atoms with van der Waals surface area (Å²) in [6, 6.07) is 0. The van der Waals surface area contributed by atoms with E-state index in [1.54, 1.807) is 0 Å². The van der Waals surface area contributed by atoms with Gasteiger partial charge in [-0.1, -0.05) is 0 Å². The number of rotatable bonds is 2. The van der Waals surface area contributed by atoms with Crippen molar-refractivity contribution in [1.29, 1.82) is 0 Å². The molecule has 0 radical (unpaired) electrons. The van der Waals surface area contributed by atoms with Gasteiger partial charge in [-0.2, -0.15) is 4.39 Å². The van der Waals surface area contributed by atoms with Crippen LogP contribution in [0.15, 0.2) is 15.8 Å². The molecule has 1 aromatic rings. The molecule has 16 heavy (non-hydrogen) atoms. The molecule has 0 spiro atoms. The lowest BCUT2D eigenvalue weighted by molar-refractivity contribution is -0.0112. The van der Waals surface area contributed by atoms with Crippen LogP contribution in [0.25, 0.3) is 0 Å². The molecule has 0 saturated carbocycles. The Morgan fingerprint density at radius 2 is 2.25 bits per heavy atom. The van der Waals surface area contributed by atoms with Crippen molar-refractivity contribution < 1.29 is 13.5 Å². The molecule has 88 valence electrons. The van der Waals surface area contributed by atoms with Gasteiger partial charge in [-0.25, -0.2) is 9.18 Å². The van der Waals surface area contributed by atoms with Crippen molar-refractivity contribution in [2.75, 3.05) is 6.67 Å². The Labute approximate surface area is 88.7 Å². The van der Waals surface area contributed by atoms with Gasteiger partial charge in [-0.15, -0.1) is 0 Å². The molecule has 0 bridgehead atoms. The van der Waals surface area contributed by atoms with Crippen LogP contribution in [0.5, 0.6) is 0 Å². The van der Waals surface area contributed by atoms with Crippen LogP contribution < -0.4 is 11.2 Å². The van der Waals surface area contributed by atoms with E-state index in [4.69, 9.17) is 4.74 Å². The second kappa shape index (κ2) is 4.17. The summed E-state index contributed by atoms with van der Waals surface area (Å²) in [4.78, 5) is 23.9. The lowest BCUT2D eigenvalue weighted by Gasteiger charge is -2.13. The van der Waals surface area contributed by atoms with Gasteiger partial charge in [0.25, 0.3) is 5.56 Å². The first-order chi connectivity index (χ1) is 7.61. The van der Waals surface area contributed by atoms with Crippen molar-refractivity contribution in [1.82, 2.24) is 9.55 Å². The first-order valence-electron chi connectivity index (χ1n) is 4.84. The lowest BCUT2D eigenvalue weighted by atomic mass is 10.2. The van der Waals surface area contributed by atoms with E-state index in [0.29, 0.717) is 12.8 Å². The molecule has 2 atom stereocenters. The molecule has 1 aliphatic rings. The van der Waals surface area contributed by atoms with E-state index in [0.717, 1.165) is 10.8 Å². The van der Waals surface area contributed by atoms with Crippen LogP contribution in [0.1, 0.15) is 19.1 Å². The molecule has 1 aromatic heterocycles. The van der Waals surface area contributed by atoms with Crippen LogP contribution in [0.2, 0.25) is 0 Å². The predicted molar refractivity (Wildman–Crippen MR) is 50.4 cm³/mol. The van der Waals surface area contributed by atoms with Crippen LogP contribution in [0, 0.1) is 5.82 Å². The molecule has 1 saturated heterocycles. The number of aromatic nitrogens is 2. The molecule has 1 N–H and O–H groups in total. The van der Waals surface area contributed by atoms with Crippen LogP contribution in [-0.2, 0) is 4.74 Å². The summed E-state index contributed by atoms with van der Waals surface area (Å²) in [5, 5.41) is 0. The fourth-order valence-corrected chi connectivity index (χ4v) is 1.68. The maximum Gasteiger partial charge on any atom is 0.330 e. The van der Waals surface area contributed by atoms with Crippen LogP contribution in [0.3, 0.4) is 0 Å². The van der Waals surface area contributed by atoms with Crippen molar-refractivity contribution in [3.05, 3.63) is 32.9 Å². The second-order valence-electron chi connectivity index (χ2n) is 3.59. The Balaban J connectivity index is 2.32. The van der Waals surface area contributed by atoms with Gasteiger partial charge in [-0.3, -0.25) is 14.3 Å². The minimum absolute atomic E-state index is 0.417. The van der Waals surface area contributed by atoms with Crippen molar-refractivity contribution in [2.45, 2.75) is 25.2 Å². The number of hydrogen-bond donors (Lipinski definition) is 1. The van der Waals surface area contributed by atoms with Gasteiger partial charge in [0, 0.05) is 0 Å². The first kappa shape index (κ1) is 11.0. The number of ether oxygens (including phenoxy) is 1. The van der Waals surface area contributed by atoms with E-state index in [1.165, 1.54) is 0 Å². The van der Waals surface area contributed by atoms with E-state index >= 15 is 0 Å². The molecule has 2 rings (SSSR count). The molecule has 0 unspecified atom stereocenters. The highest BCUT2D eigenvalue weighted by Crippen LogP contribution is 2.26. The zero-order valence-electron chi connectivity index (χ0n) is 8.28. The van der Waals surface area contributed by atoms with E-state index in [-0.39, 0.29) is 0 Å². The van der Waals surface area contributed by atoms with Gasteiger partial charge in [0.15, 0.2) is 0 Å². The average Bonchev–Trinajstić information content (AvgIpc) is 2.71. The number of nitrogens with zero attached hydrogens (tertiary/aromatic N) is 1. The minimum atomic E-state index is -1.07. The van der Waals surface area contributed by atoms with Gasteiger partial charge in [-0.05, 0) is 12.8 Å². The SMILES string of the molecule is O=c1[nH]c(=O)n([C@H]2CC[C@H](CF)O2)cc1F. The van der Waals surface area contributed by atoms with Gasteiger partial charge in [0.05, 0.1) is 12.3 Å². The summed E-state index contributed by atoms with van der Waals surface area (Å²) in [5.74, 6) is -1.06. The van der Waals surface area contributed by atoms with Gasteiger partial charge in [0.1, 0.15) is 12.9 Å². The summed E-state index contributed by atoms with van der Waals surface area (Å²) >= 11 is 0. The number of alkyl halides is 1. The second-order valence-corrected chi connectivity index (χ2v) is 3.59. The highest BCUT2D eigenvalue weighted by molar-refractivity contribution is 4.89. The molecular weight excluding hydrogens is 222 g/mol. The molecule has 1 fully saturated rings. The molecule has 1 aliphatic heterocycles. The molecule has 5 nitrogen and oxygen atoms in total. The number of aromatic amines is 1. The maximum atomic E-state index is 13.0. The van der Waals surface area contributed by atoms with Gasteiger partial charge < -0.3 is 4.74 Å². The highest BCUT2D eigenvalue weighted by atomic mass is 19.1. The zero-order chi connectivity index (χ0) is 11.7. The summed E-state index contributed by atoms with van der Waals surface area (Å²) in [6.07, 6.45) is 0.396. The molecular formula is C9H10F2N2O3. The minimum Gasteiger partial charge on any atom is -0.352 e. The quantitative estimate of drug-likeness (QED) is 0.798. The van der Waals surface area contributed by atoms with Crippen LogP contribution >= 0.6 is 0 Å². The van der Waals surface area contributed by atoms with Gasteiger partial charge in [0.2, 0.25) is 5.82 Å². The standard InChI is InChI=1S/C9H10F2N2O3/c10-3-5-1-2-7(16-5)13-4-6(11)8(14)12-9(13)15/h4-5,7H,1-3H2,(H,12,14,15)/t5-,7-/m1/s1. The predicted octanol–water partition coefficient (Wildman–Crippen LogP) is 0.323. The Bertz CT molecular complexity index is 496. The molecule has 0 amide bonds. The molecule has 2 heterocycles. The third-order valence-electron chi connectivity index (χ3n) is 2.49. The molecule has 0 aromatic carbocycles. The number of nitrogens with one attached hydrogen (secondary N) is 1. The third-order valence-corrected chi connectivity index (χ3v) is 2.49. The zero-order valence-corrected chi connectivity index (χ0v) is 8.28. The topological polar surface area (TPSA) is 64.1 Å². The van der Waals surface area contributed by atoms with Crippen LogP contribution in [-0.4, -0.2) is 22.3 Å². The first-order valence-corrected chi connectivity index (χ1v) is 4.84. The van der Waals surface area contributed by atoms with Crippen LogP contribution in [0.4, 0.5) is 8.78 Å². The van der Waals surface area contributed by atoms with Gasteiger partial charge >= 0.3 is 5.69 Å². The molecule has 7 heteroatoms. The Morgan fingerprint density at radius 1 is 1.50 bits per heavy atom. The van der Waals surface area contributed by atoms with Crippen molar-refractivity contribution in [3.8, 4) is 0 Å². The Hall–Kier alpha value is -1.50. The maximum absolute atomic E-state index is 13.0. The largest absolute Gasteiger partial charge is 0.352 e. The normalized spacial score (nSPS) is 24.9.